The van der Waals surface area contributed by atoms with Gasteiger partial charge in [-0.05, 0) is 54.5 Å². The minimum absolute atomic E-state index is 0.0241. The fourth-order valence-electron chi connectivity index (χ4n) is 3.90. The molecule has 1 amide bonds. The van der Waals surface area contributed by atoms with Crippen LogP contribution in [0.5, 0.6) is 0 Å². The first kappa shape index (κ1) is 33.6. The Balaban J connectivity index is 1.99. The average molecular weight is 621 g/mol. The molecule has 0 unspecified atom stereocenters. The van der Waals surface area contributed by atoms with E-state index >= 15 is 0 Å². The molecule has 12 nitrogen and oxygen atoms in total. The number of anilines is 1. The molecule has 0 saturated carbocycles. The third-order valence-corrected chi connectivity index (χ3v) is 17.5. The molecule has 2 aromatic rings. The molecule has 1 fully saturated rings. The summed E-state index contributed by atoms with van der Waals surface area (Å²) in [5.74, 6) is -0.361. The molecule has 1 N–H and O–H groups in total. The van der Waals surface area contributed by atoms with Gasteiger partial charge in [0.25, 0.3) is 11.0 Å². The second-order valence-corrected chi connectivity index (χ2v) is 23.2. The van der Waals surface area contributed by atoms with E-state index in [0.29, 0.717) is 5.56 Å². The van der Waals surface area contributed by atoms with Crippen LogP contribution in [0.15, 0.2) is 47.4 Å². The number of ether oxygens (including phenoxy) is 1. The van der Waals surface area contributed by atoms with Crippen LogP contribution in [0.1, 0.15) is 58.1 Å². The summed E-state index contributed by atoms with van der Waals surface area (Å²) < 4.78 is 20.6. The molecule has 3 rings (SSSR count). The van der Waals surface area contributed by atoms with Gasteiger partial charge in [-0.2, -0.15) is 4.98 Å². The van der Waals surface area contributed by atoms with Crippen LogP contribution < -0.4 is 11.0 Å². The van der Waals surface area contributed by atoms with Crippen molar-refractivity contribution < 1.29 is 28.3 Å². The smallest absolute Gasteiger partial charge is 0.351 e. The van der Waals surface area contributed by atoms with Gasteiger partial charge in [0.2, 0.25) is 0 Å². The lowest BCUT2D eigenvalue weighted by atomic mass is 10.1. The molecule has 0 spiro atoms. The number of hydrogen-bond donors (Lipinski definition) is 1. The molecule has 14 heteroatoms. The third-order valence-electron chi connectivity index (χ3n) is 8.53. The standard InChI is InChI=1S/C28H44N4O8Si2/c1-27(2,3)41(7,8)37-18-20-22(39-32(35)36)23(40-42(9,10)28(4,5)6)25(38-20)31-17-16-21(30-26(31)34)29-24(33)19-14-12-11-13-15-19/h11-17,20,22-23,25H,18H2,1-10H3,(H,29,30,33,34)/t20-,22-,23-,25-/m1/s1. The van der Waals surface area contributed by atoms with Crippen molar-refractivity contribution in [2.75, 3.05) is 11.9 Å². The van der Waals surface area contributed by atoms with E-state index in [0.717, 1.165) is 0 Å². The zero-order chi connectivity index (χ0) is 31.7. The first-order valence-electron chi connectivity index (χ1n) is 14.0. The number of nitrogens with one attached hydrogen (secondary N) is 1. The Hall–Kier alpha value is -2.92. The molecule has 1 saturated heterocycles. The van der Waals surface area contributed by atoms with Crippen molar-refractivity contribution in [1.29, 1.82) is 0 Å². The summed E-state index contributed by atoms with van der Waals surface area (Å²) in [6.45, 7) is 20.6. The minimum atomic E-state index is -2.55. The van der Waals surface area contributed by atoms with Crippen molar-refractivity contribution in [2.24, 2.45) is 0 Å². The van der Waals surface area contributed by atoms with Crippen molar-refractivity contribution in [3.8, 4) is 0 Å². The molecule has 1 aliphatic heterocycles. The summed E-state index contributed by atoms with van der Waals surface area (Å²) >= 11 is 0. The van der Waals surface area contributed by atoms with Crippen molar-refractivity contribution in [1.82, 2.24) is 9.55 Å². The lowest BCUT2D eigenvalue weighted by Crippen LogP contribution is -2.51. The van der Waals surface area contributed by atoms with E-state index in [1.54, 1.807) is 30.3 Å². The first-order valence-corrected chi connectivity index (χ1v) is 19.8. The van der Waals surface area contributed by atoms with Gasteiger partial charge in [0.1, 0.15) is 18.0 Å². The first-order chi connectivity index (χ1) is 19.2. The highest BCUT2D eigenvalue weighted by Gasteiger charge is 2.53. The van der Waals surface area contributed by atoms with Crippen molar-refractivity contribution >= 4 is 28.4 Å². The Labute approximate surface area is 249 Å². The molecular weight excluding hydrogens is 577 g/mol. The van der Waals surface area contributed by atoms with Gasteiger partial charge in [-0.25, -0.2) is 4.79 Å². The number of hydrogen-bond acceptors (Lipinski definition) is 9. The third kappa shape index (κ3) is 7.72. The predicted molar refractivity (Wildman–Crippen MR) is 164 cm³/mol. The number of carbonyl (C=O) groups excluding carboxylic acids is 1. The molecule has 1 aliphatic rings. The Morgan fingerprint density at radius 3 is 2.14 bits per heavy atom. The zero-order valence-corrected chi connectivity index (χ0v) is 28.2. The number of rotatable bonds is 10. The lowest BCUT2D eigenvalue weighted by molar-refractivity contribution is -0.771. The molecule has 1 aromatic carbocycles. The molecule has 42 heavy (non-hydrogen) atoms. The molecule has 1 aromatic heterocycles. The van der Waals surface area contributed by atoms with Gasteiger partial charge >= 0.3 is 5.69 Å². The Kier molecular flexibility index (Phi) is 9.89. The van der Waals surface area contributed by atoms with Gasteiger partial charge in [-0.1, -0.05) is 59.7 Å². The fraction of sp³-hybridized carbons (Fsp3) is 0.607. The maximum atomic E-state index is 13.3. The number of aromatic nitrogens is 2. The molecule has 0 aliphatic carbocycles. The largest absolute Gasteiger partial charge is 0.414 e. The normalized spacial score (nSPS) is 21.7. The van der Waals surface area contributed by atoms with Crippen LogP contribution in [0.2, 0.25) is 36.3 Å². The van der Waals surface area contributed by atoms with Crippen LogP contribution in [0, 0.1) is 10.1 Å². The van der Waals surface area contributed by atoms with E-state index in [9.17, 15) is 19.7 Å². The summed E-state index contributed by atoms with van der Waals surface area (Å²) in [6.07, 6.45) is -2.71. The summed E-state index contributed by atoms with van der Waals surface area (Å²) in [6, 6.07) is 10.0. The van der Waals surface area contributed by atoms with Gasteiger partial charge in [0.15, 0.2) is 29.0 Å². The maximum absolute atomic E-state index is 13.3. The fourth-order valence-corrected chi connectivity index (χ4v) is 6.19. The Morgan fingerprint density at radius 1 is 1.02 bits per heavy atom. The van der Waals surface area contributed by atoms with Gasteiger partial charge < -0.3 is 23.7 Å². The highest BCUT2D eigenvalue weighted by molar-refractivity contribution is 6.74. The highest BCUT2D eigenvalue weighted by Crippen LogP contribution is 2.43. The number of amides is 1. The van der Waals surface area contributed by atoms with E-state index < -0.39 is 57.9 Å². The monoisotopic (exact) mass is 620 g/mol. The topological polar surface area (TPSA) is 144 Å². The van der Waals surface area contributed by atoms with E-state index in [1.165, 1.54) is 16.8 Å². The van der Waals surface area contributed by atoms with Gasteiger partial charge in [-0.15, -0.1) is 10.1 Å². The van der Waals surface area contributed by atoms with Crippen LogP contribution in [0.3, 0.4) is 0 Å². The predicted octanol–water partition coefficient (Wildman–Crippen LogP) is 5.38. The van der Waals surface area contributed by atoms with E-state index in [4.69, 9.17) is 18.4 Å². The number of carbonyl (C=O) groups is 1. The molecular formula is C28H44N4O8Si2. The van der Waals surface area contributed by atoms with Crippen LogP contribution >= 0.6 is 0 Å². The van der Waals surface area contributed by atoms with Crippen LogP contribution in [-0.4, -0.2) is 62.1 Å². The second kappa shape index (κ2) is 12.4. The van der Waals surface area contributed by atoms with Gasteiger partial charge in [0.05, 0.1) is 6.61 Å². The quantitative estimate of drug-likeness (QED) is 0.210. The average Bonchev–Trinajstić information content (AvgIpc) is 3.17. The number of nitrogens with zero attached hydrogens (tertiary/aromatic N) is 3. The van der Waals surface area contributed by atoms with E-state index in [-0.39, 0.29) is 22.5 Å². The van der Waals surface area contributed by atoms with Crippen LogP contribution in [0.4, 0.5) is 5.82 Å². The maximum Gasteiger partial charge on any atom is 0.351 e. The molecule has 232 valence electrons. The molecule has 0 bridgehead atoms. The highest BCUT2D eigenvalue weighted by atomic mass is 28.4. The number of benzene rings is 1. The SMILES string of the molecule is CC(C)(C)[Si](C)(C)OC[C@H]1O[C@@H](n2ccc(NC(=O)c3ccccc3)nc2=O)[C@H](O[Si](C)(C)C(C)(C)C)[C@@H]1O[N+](=O)[O-]. The zero-order valence-electron chi connectivity index (χ0n) is 26.2. The van der Waals surface area contributed by atoms with Crippen molar-refractivity contribution in [3.05, 3.63) is 68.8 Å². The Morgan fingerprint density at radius 2 is 1.62 bits per heavy atom. The molecule has 2 heterocycles. The van der Waals surface area contributed by atoms with Gasteiger partial charge in [-0.3, -0.25) is 9.36 Å². The van der Waals surface area contributed by atoms with E-state index in [1.807, 2.05) is 33.9 Å². The molecule has 4 atom stereocenters. The minimum Gasteiger partial charge on any atom is -0.414 e. The van der Waals surface area contributed by atoms with E-state index in [2.05, 4.69) is 44.2 Å². The molecule has 0 radical (unpaired) electrons. The summed E-state index contributed by atoms with van der Waals surface area (Å²) in [4.78, 5) is 46.8. The summed E-state index contributed by atoms with van der Waals surface area (Å²) in [5.41, 5.74) is -0.310. The van der Waals surface area contributed by atoms with Crippen molar-refractivity contribution in [3.63, 3.8) is 0 Å². The van der Waals surface area contributed by atoms with Gasteiger partial charge in [0, 0.05) is 11.8 Å². The summed E-state index contributed by atoms with van der Waals surface area (Å²) in [5, 5.41) is 13.1. The lowest BCUT2D eigenvalue weighted by Gasteiger charge is -2.40. The van der Waals surface area contributed by atoms with Crippen molar-refractivity contribution in [2.45, 2.75) is 102 Å². The summed E-state index contributed by atoms with van der Waals surface area (Å²) in [7, 11) is -4.81. The second-order valence-electron chi connectivity index (χ2n) is 13.6. The van der Waals surface area contributed by atoms with Crippen LogP contribution in [-0.2, 0) is 18.4 Å². The Bertz CT molecular complexity index is 1320. The van der Waals surface area contributed by atoms with Crippen LogP contribution in [0.25, 0.3) is 0 Å².